The van der Waals surface area contributed by atoms with E-state index in [2.05, 4.69) is 24.5 Å². The van der Waals surface area contributed by atoms with Gasteiger partial charge in [0.15, 0.2) is 0 Å². The number of rotatable bonds is 16. The Morgan fingerprint density at radius 3 is 2.23 bits per heavy atom. The van der Waals surface area contributed by atoms with E-state index in [0.29, 0.717) is 55.1 Å². The number of nitrogens with zero attached hydrogens (tertiary/aromatic N) is 1. The number of nitrogens with one attached hydrogen (secondary N) is 2. The van der Waals surface area contributed by atoms with Crippen LogP contribution in [0.25, 0.3) is 0 Å². The van der Waals surface area contributed by atoms with Gasteiger partial charge in [0.2, 0.25) is 5.91 Å². The molecule has 0 aliphatic carbocycles. The molecule has 2 rings (SSSR count). The normalized spacial score (nSPS) is 14.1. The summed E-state index contributed by atoms with van der Waals surface area (Å²) < 4.78 is 13.9. The number of benzene rings is 2. The predicted octanol–water partition coefficient (Wildman–Crippen LogP) is 4.94. The van der Waals surface area contributed by atoms with E-state index in [1.54, 1.807) is 41.3 Å². The quantitative estimate of drug-likeness (QED) is 0.273. The Balaban J connectivity index is 2.22. The monoisotopic (exact) mass is 554 g/mol. The van der Waals surface area contributed by atoms with Crippen LogP contribution >= 0.6 is 0 Å². The van der Waals surface area contributed by atoms with Crippen molar-refractivity contribution in [3.63, 3.8) is 0 Å². The van der Waals surface area contributed by atoms with E-state index in [1.165, 1.54) is 12.1 Å². The molecule has 0 spiro atoms. The fraction of sp³-hybridized carbons (Fsp3) is 0.531. The van der Waals surface area contributed by atoms with Gasteiger partial charge in [0.25, 0.3) is 11.8 Å². The molecule has 40 heavy (non-hydrogen) atoms. The van der Waals surface area contributed by atoms with Gasteiger partial charge in [-0.15, -0.1) is 0 Å². The summed E-state index contributed by atoms with van der Waals surface area (Å²) in [6.07, 6.45) is 3.30. The molecular weight excluding hydrogens is 507 g/mol. The van der Waals surface area contributed by atoms with Crippen LogP contribution in [-0.2, 0) is 11.2 Å². The van der Waals surface area contributed by atoms with Crippen LogP contribution in [0.1, 0.15) is 86.6 Å². The Bertz CT molecular complexity index is 1100. The third kappa shape index (κ3) is 10.4. The molecule has 0 aromatic heterocycles. The second kappa shape index (κ2) is 16.8. The minimum absolute atomic E-state index is 0.0819. The number of hydrogen-bond donors (Lipinski definition) is 3. The van der Waals surface area contributed by atoms with Crippen LogP contribution in [0.2, 0.25) is 0 Å². The number of carbonyl (C=O) groups is 3. The fourth-order valence-corrected chi connectivity index (χ4v) is 4.58. The fourth-order valence-electron chi connectivity index (χ4n) is 4.58. The van der Waals surface area contributed by atoms with Crippen LogP contribution in [0.4, 0.5) is 4.39 Å². The maximum atomic E-state index is 13.9. The summed E-state index contributed by atoms with van der Waals surface area (Å²) in [7, 11) is 0. The molecule has 7 nitrogen and oxygen atoms in total. The maximum Gasteiger partial charge on any atom is 0.253 e. The third-order valence-corrected chi connectivity index (χ3v) is 7.22. The molecule has 2 aromatic carbocycles. The van der Waals surface area contributed by atoms with E-state index in [4.69, 9.17) is 5.73 Å². The molecule has 0 fully saturated rings. The highest BCUT2D eigenvalue weighted by Gasteiger charge is 2.26. The largest absolute Gasteiger partial charge is 0.356 e. The van der Waals surface area contributed by atoms with Gasteiger partial charge in [-0.05, 0) is 67.5 Å². The van der Waals surface area contributed by atoms with Crippen molar-refractivity contribution in [3.05, 3.63) is 71.0 Å². The van der Waals surface area contributed by atoms with Crippen molar-refractivity contribution >= 4 is 17.7 Å². The van der Waals surface area contributed by atoms with Crippen LogP contribution < -0.4 is 16.4 Å². The lowest BCUT2D eigenvalue weighted by atomic mass is 9.91. The SMILES string of the molecule is CCCN(CCC)C(=O)c1cccc(C(=O)N[C@@H](Cc2cccc(F)c2)[C@@H](N)C[C@@H](C)C(=O)NC[C@@H](C)CC)c1. The molecular formula is C32H47FN4O3. The maximum absolute atomic E-state index is 13.9. The molecule has 0 saturated heterocycles. The van der Waals surface area contributed by atoms with Gasteiger partial charge in [-0.3, -0.25) is 14.4 Å². The van der Waals surface area contributed by atoms with Crippen LogP contribution in [-0.4, -0.2) is 54.3 Å². The number of nitrogens with two attached hydrogens (primary N) is 1. The van der Waals surface area contributed by atoms with Crippen molar-refractivity contribution in [3.8, 4) is 0 Å². The van der Waals surface area contributed by atoms with Crippen molar-refractivity contribution in [2.24, 2.45) is 17.6 Å². The predicted molar refractivity (Wildman–Crippen MR) is 159 cm³/mol. The lowest BCUT2D eigenvalue weighted by Crippen LogP contribution is -2.50. The first-order chi connectivity index (χ1) is 19.1. The Hall–Kier alpha value is -3.26. The second-order valence-electron chi connectivity index (χ2n) is 10.8. The van der Waals surface area contributed by atoms with E-state index in [0.717, 1.165) is 19.3 Å². The van der Waals surface area contributed by atoms with E-state index in [9.17, 15) is 18.8 Å². The van der Waals surface area contributed by atoms with E-state index < -0.39 is 12.1 Å². The zero-order valence-corrected chi connectivity index (χ0v) is 24.7. The second-order valence-corrected chi connectivity index (χ2v) is 10.8. The molecule has 0 unspecified atom stereocenters. The van der Waals surface area contributed by atoms with Gasteiger partial charge < -0.3 is 21.3 Å². The zero-order chi connectivity index (χ0) is 29.7. The molecule has 0 saturated carbocycles. The summed E-state index contributed by atoms with van der Waals surface area (Å²) in [5.41, 5.74) is 8.07. The van der Waals surface area contributed by atoms with Gasteiger partial charge in [0, 0.05) is 48.8 Å². The van der Waals surface area contributed by atoms with Crippen molar-refractivity contribution < 1.29 is 18.8 Å². The molecule has 4 atom stereocenters. The number of hydrogen-bond acceptors (Lipinski definition) is 4. The first kappa shape index (κ1) is 32.9. The van der Waals surface area contributed by atoms with Gasteiger partial charge in [0.05, 0.1) is 0 Å². The minimum Gasteiger partial charge on any atom is -0.356 e. The Kier molecular flexibility index (Phi) is 13.8. The lowest BCUT2D eigenvalue weighted by molar-refractivity contribution is -0.125. The summed E-state index contributed by atoms with van der Waals surface area (Å²) in [5, 5.41) is 5.99. The summed E-state index contributed by atoms with van der Waals surface area (Å²) >= 11 is 0. The smallest absolute Gasteiger partial charge is 0.253 e. The zero-order valence-electron chi connectivity index (χ0n) is 24.7. The average molecular weight is 555 g/mol. The average Bonchev–Trinajstić information content (AvgIpc) is 2.94. The molecule has 8 heteroatoms. The van der Waals surface area contributed by atoms with Crippen molar-refractivity contribution in [2.45, 2.75) is 78.8 Å². The van der Waals surface area contributed by atoms with E-state index in [1.807, 2.05) is 20.8 Å². The molecule has 220 valence electrons. The summed E-state index contributed by atoms with van der Waals surface area (Å²) in [4.78, 5) is 41.0. The highest BCUT2D eigenvalue weighted by Crippen LogP contribution is 2.16. The van der Waals surface area contributed by atoms with Crippen molar-refractivity contribution in [1.82, 2.24) is 15.5 Å². The molecule has 0 aliphatic heterocycles. The van der Waals surface area contributed by atoms with Gasteiger partial charge in [0.1, 0.15) is 5.82 Å². The minimum atomic E-state index is -0.564. The first-order valence-electron chi connectivity index (χ1n) is 14.6. The highest BCUT2D eigenvalue weighted by atomic mass is 19.1. The first-order valence-corrected chi connectivity index (χ1v) is 14.6. The van der Waals surface area contributed by atoms with E-state index in [-0.39, 0.29) is 29.5 Å². The number of amides is 3. The highest BCUT2D eigenvalue weighted by molar-refractivity contribution is 5.99. The van der Waals surface area contributed by atoms with Gasteiger partial charge in [-0.25, -0.2) is 4.39 Å². The number of carbonyl (C=O) groups excluding carboxylic acids is 3. The lowest BCUT2D eigenvalue weighted by Gasteiger charge is -2.27. The summed E-state index contributed by atoms with van der Waals surface area (Å²) in [6, 6.07) is 11.7. The standard InChI is InChI=1S/C32H47FN4O3/c1-6-15-37(16-7-2)32(40)26-13-10-12-25(20-26)31(39)36-29(19-24-11-9-14-27(33)18-24)28(34)17-23(5)30(38)35-21-22(4)8-3/h9-14,18,20,22-23,28-29H,6-8,15-17,19,21,34H2,1-5H3,(H,35,38)(H,36,39)/t22-,23+,28-,29-/m0/s1. The topological polar surface area (TPSA) is 105 Å². The van der Waals surface area contributed by atoms with Gasteiger partial charge >= 0.3 is 0 Å². The Morgan fingerprint density at radius 2 is 1.60 bits per heavy atom. The van der Waals surface area contributed by atoms with Crippen LogP contribution in [0.5, 0.6) is 0 Å². The van der Waals surface area contributed by atoms with Gasteiger partial charge in [-0.2, -0.15) is 0 Å². The van der Waals surface area contributed by atoms with E-state index >= 15 is 0 Å². The van der Waals surface area contributed by atoms with Crippen LogP contribution in [0.3, 0.4) is 0 Å². The summed E-state index contributed by atoms with van der Waals surface area (Å²) in [5.74, 6) is -0.926. The van der Waals surface area contributed by atoms with Crippen LogP contribution in [0, 0.1) is 17.7 Å². The van der Waals surface area contributed by atoms with Crippen molar-refractivity contribution in [1.29, 1.82) is 0 Å². The third-order valence-electron chi connectivity index (χ3n) is 7.22. The summed E-state index contributed by atoms with van der Waals surface area (Å²) in [6.45, 7) is 11.9. The van der Waals surface area contributed by atoms with Gasteiger partial charge in [-0.1, -0.05) is 59.2 Å². The number of halogens is 1. The molecule has 2 aromatic rings. The molecule has 0 heterocycles. The van der Waals surface area contributed by atoms with Crippen LogP contribution in [0.15, 0.2) is 48.5 Å². The Morgan fingerprint density at radius 1 is 0.950 bits per heavy atom. The van der Waals surface area contributed by atoms with Crippen molar-refractivity contribution in [2.75, 3.05) is 19.6 Å². The molecule has 0 aliphatic rings. The Labute approximate surface area is 239 Å². The molecule has 4 N–H and O–H groups in total. The molecule has 0 radical (unpaired) electrons. The molecule has 0 bridgehead atoms. The molecule has 3 amide bonds.